The van der Waals surface area contributed by atoms with Crippen LogP contribution in [0.15, 0.2) is 36.4 Å². The van der Waals surface area contributed by atoms with E-state index in [0.29, 0.717) is 36.0 Å². The number of ether oxygens (including phenoxy) is 2. The lowest BCUT2D eigenvalue weighted by atomic mass is 9.96. The standard InChI is InChI=1S/C27H33Cl2N3O3/c1-17(14-20-11-12-23(34-4)27(35-5)26(20)29)10-13-25(33)30-15-24-31-18(2)19(3)32(24)16-21-8-6-7-9-22(21)28/h6-9,11-12,17H,10,13-16H2,1-5H3,(H,30,33). The fraction of sp³-hybridized carbons (Fsp3) is 0.407. The first-order chi connectivity index (χ1) is 16.7. The number of imidazole rings is 1. The number of amides is 1. The number of aromatic nitrogens is 2. The molecule has 0 saturated heterocycles. The fourth-order valence-corrected chi connectivity index (χ4v) is 4.58. The van der Waals surface area contributed by atoms with Gasteiger partial charge in [0.25, 0.3) is 0 Å². The zero-order chi connectivity index (χ0) is 25.5. The monoisotopic (exact) mass is 517 g/mol. The summed E-state index contributed by atoms with van der Waals surface area (Å²) in [5.74, 6) is 2.22. The first kappa shape index (κ1) is 26.9. The first-order valence-electron chi connectivity index (χ1n) is 11.7. The molecule has 3 aromatic rings. The molecular weight excluding hydrogens is 485 g/mol. The van der Waals surface area contributed by atoms with Crippen molar-refractivity contribution in [3.05, 3.63) is 74.8 Å². The van der Waals surface area contributed by atoms with E-state index in [-0.39, 0.29) is 11.8 Å². The molecule has 3 rings (SSSR count). The summed E-state index contributed by atoms with van der Waals surface area (Å²) >= 11 is 12.9. The summed E-state index contributed by atoms with van der Waals surface area (Å²) in [5, 5.41) is 4.30. The molecule has 8 heteroatoms. The van der Waals surface area contributed by atoms with Crippen LogP contribution < -0.4 is 14.8 Å². The minimum absolute atomic E-state index is 0.00198. The van der Waals surface area contributed by atoms with Crippen molar-refractivity contribution in [2.75, 3.05) is 14.2 Å². The van der Waals surface area contributed by atoms with Crippen LogP contribution in [-0.2, 0) is 24.3 Å². The van der Waals surface area contributed by atoms with E-state index in [1.807, 2.05) is 50.2 Å². The number of nitrogens with one attached hydrogen (secondary N) is 1. The second-order valence-electron chi connectivity index (χ2n) is 8.78. The lowest BCUT2D eigenvalue weighted by molar-refractivity contribution is -0.121. The number of aryl methyl sites for hydroxylation is 1. The Morgan fingerprint density at radius 2 is 1.83 bits per heavy atom. The van der Waals surface area contributed by atoms with Gasteiger partial charge >= 0.3 is 0 Å². The Hall–Kier alpha value is -2.70. The van der Waals surface area contributed by atoms with Crippen molar-refractivity contribution in [2.24, 2.45) is 5.92 Å². The van der Waals surface area contributed by atoms with Gasteiger partial charge in [0.15, 0.2) is 11.5 Å². The summed E-state index contributed by atoms with van der Waals surface area (Å²) in [4.78, 5) is 17.3. The first-order valence-corrected chi connectivity index (χ1v) is 12.4. The van der Waals surface area contributed by atoms with Gasteiger partial charge in [-0.2, -0.15) is 0 Å². The third kappa shape index (κ3) is 6.71. The van der Waals surface area contributed by atoms with Crippen LogP contribution in [0.5, 0.6) is 11.5 Å². The van der Waals surface area contributed by atoms with Crippen molar-refractivity contribution in [3.8, 4) is 11.5 Å². The van der Waals surface area contributed by atoms with Crippen LogP contribution in [0, 0.1) is 19.8 Å². The molecule has 0 fully saturated rings. The molecule has 188 valence electrons. The largest absolute Gasteiger partial charge is 0.493 e. The normalized spacial score (nSPS) is 11.9. The maximum absolute atomic E-state index is 12.6. The highest BCUT2D eigenvalue weighted by molar-refractivity contribution is 6.33. The van der Waals surface area contributed by atoms with Crippen LogP contribution in [0.4, 0.5) is 0 Å². The third-order valence-electron chi connectivity index (χ3n) is 6.26. The predicted molar refractivity (Wildman–Crippen MR) is 141 cm³/mol. The molecule has 1 unspecified atom stereocenters. The highest BCUT2D eigenvalue weighted by atomic mass is 35.5. The third-order valence-corrected chi connectivity index (χ3v) is 7.05. The fourth-order valence-electron chi connectivity index (χ4n) is 4.07. The van der Waals surface area contributed by atoms with Gasteiger partial charge in [-0.05, 0) is 55.9 Å². The van der Waals surface area contributed by atoms with E-state index in [0.717, 1.165) is 46.2 Å². The molecule has 1 amide bonds. The van der Waals surface area contributed by atoms with Gasteiger partial charge in [0, 0.05) is 17.1 Å². The molecule has 2 aromatic carbocycles. The Morgan fingerprint density at radius 3 is 2.51 bits per heavy atom. The second kappa shape index (κ2) is 12.3. The molecule has 1 atom stereocenters. The summed E-state index contributed by atoms with van der Waals surface area (Å²) < 4.78 is 12.8. The Kier molecular flexibility index (Phi) is 9.47. The summed E-state index contributed by atoms with van der Waals surface area (Å²) in [6.45, 7) is 7.11. The van der Waals surface area contributed by atoms with E-state index in [2.05, 4.69) is 21.8 Å². The van der Waals surface area contributed by atoms with E-state index < -0.39 is 0 Å². The molecule has 0 aliphatic heterocycles. The highest BCUT2D eigenvalue weighted by Crippen LogP contribution is 2.38. The van der Waals surface area contributed by atoms with Crippen molar-refractivity contribution in [2.45, 2.75) is 53.1 Å². The molecule has 0 radical (unpaired) electrons. The summed E-state index contributed by atoms with van der Waals surface area (Å²) in [6.07, 6.45) is 1.91. The molecule has 6 nitrogen and oxygen atoms in total. The van der Waals surface area contributed by atoms with Crippen LogP contribution in [0.1, 0.15) is 48.1 Å². The van der Waals surface area contributed by atoms with E-state index >= 15 is 0 Å². The number of hydrogen-bond acceptors (Lipinski definition) is 4. The van der Waals surface area contributed by atoms with Crippen molar-refractivity contribution < 1.29 is 14.3 Å². The molecular formula is C27H33Cl2N3O3. The van der Waals surface area contributed by atoms with Gasteiger partial charge < -0.3 is 19.4 Å². The molecule has 1 N–H and O–H groups in total. The summed E-state index contributed by atoms with van der Waals surface area (Å²) in [5.41, 5.74) is 4.01. The number of methoxy groups -OCH3 is 2. The number of nitrogens with zero attached hydrogens (tertiary/aromatic N) is 2. The minimum atomic E-state index is -0.00198. The topological polar surface area (TPSA) is 65.4 Å². The molecule has 0 spiro atoms. The average Bonchev–Trinajstić information content (AvgIpc) is 3.11. The second-order valence-corrected chi connectivity index (χ2v) is 9.56. The SMILES string of the molecule is COc1ccc(CC(C)CCC(=O)NCc2nc(C)c(C)n2Cc2ccccc2Cl)c(Cl)c1OC. The lowest BCUT2D eigenvalue weighted by Gasteiger charge is -2.16. The van der Waals surface area contributed by atoms with Crippen molar-refractivity contribution in [3.63, 3.8) is 0 Å². The quantitative estimate of drug-likeness (QED) is 0.331. The zero-order valence-corrected chi connectivity index (χ0v) is 22.5. The molecule has 1 heterocycles. The van der Waals surface area contributed by atoms with E-state index in [1.165, 1.54) is 0 Å². The van der Waals surface area contributed by atoms with Gasteiger partial charge in [0.1, 0.15) is 5.82 Å². The van der Waals surface area contributed by atoms with Crippen LogP contribution in [0.2, 0.25) is 10.0 Å². The molecule has 0 bridgehead atoms. The molecule has 0 aliphatic rings. The summed E-state index contributed by atoms with van der Waals surface area (Å²) in [6, 6.07) is 11.6. The molecule has 1 aromatic heterocycles. The van der Waals surface area contributed by atoms with Crippen molar-refractivity contribution in [1.29, 1.82) is 0 Å². The van der Waals surface area contributed by atoms with Gasteiger partial charge in [0.2, 0.25) is 5.91 Å². The number of benzene rings is 2. The zero-order valence-electron chi connectivity index (χ0n) is 21.0. The van der Waals surface area contributed by atoms with Gasteiger partial charge in [-0.25, -0.2) is 4.98 Å². The Labute approximate surface area is 217 Å². The van der Waals surface area contributed by atoms with Gasteiger partial charge in [-0.1, -0.05) is 54.4 Å². The van der Waals surface area contributed by atoms with Crippen LogP contribution in [-0.4, -0.2) is 29.7 Å². The van der Waals surface area contributed by atoms with E-state index in [4.69, 9.17) is 32.7 Å². The number of hydrogen-bond donors (Lipinski definition) is 1. The maximum atomic E-state index is 12.6. The summed E-state index contributed by atoms with van der Waals surface area (Å²) in [7, 11) is 3.16. The van der Waals surface area contributed by atoms with Crippen molar-refractivity contribution >= 4 is 29.1 Å². The highest BCUT2D eigenvalue weighted by Gasteiger charge is 2.17. The average molecular weight is 518 g/mol. The van der Waals surface area contributed by atoms with Crippen LogP contribution in [0.3, 0.4) is 0 Å². The molecule has 0 aliphatic carbocycles. The Balaban J connectivity index is 1.56. The number of halogens is 2. The Bertz CT molecular complexity index is 1180. The van der Waals surface area contributed by atoms with Gasteiger partial charge in [-0.3, -0.25) is 4.79 Å². The number of rotatable bonds is 11. The van der Waals surface area contributed by atoms with Crippen molar-refractivity contribution in [1.82, 2.24) is 14.9 Å². The number of carbonyl (C=O) groups excluding carboxylic acids is 1. The predicted octanol–water partition coefficient (Wildman–Crippen LogP) is 6.15. The van der Waals surface area contributed by atoms with Gasteiger partial charge in [0.05, 0.1) is 38.0 Å². The van der Waals surface area contributed by atoms with Crippen LogP contribution in [0.25, 0.3) is 0 Å². The van der Waals surface area contributed by atoms with E-state index in [1.54, 1.807) is 14.2 Å². The minimum Gasteiger partial charge on any atom is -0.493 e. The number of carbonyl (C=O) groups is 1. The molecule has 0 saturated carbocycles. The van der Waals surface area contributed by atoms with E-state index in [9.17, 15) is 4.79 Å². The van der Waals surface area contributed by atoms with Crippen LogP contribution >= 0.6 is 23.2 Å². The smallest absolute Gasteiger partial charge is 0.220 e. The maximum Gasteiger partial charge on any atom is 0.220 e. The lowest BCUT2D eigenvalue weighted by Crippen LogP contribution is -2.25. The molecule has 35 heavy (non-hydrogen) atoms. The van der Waals surface area contributed by atoms with Gasteiger partial charge in [-0.15, -0.1) is 0 Å². The Morgan fingerprint density at radius 1 is 1.09 bits per heavy atom.